The second kappa shape index (κ2) is 9.71. The molecule has 2 N–H and O–H groups in total. The molecule has 2 aromatic carbocycles. The predicted octanol–water partition coefficient (Wildman–Crippen LogP) is 5.14. The van der Waals surface area contributed by atoms with Crippen molar-refractivity contribution >= 4 is 50.6 Å². The number of pyridine rings is 1. The molecule has 1 fully saturated rings. The van der Waals surface area contributed by atoms with Crippen LogP contribution in [0.5, 0.6) is 11.5 Å². The van der Waals surface area contributed by atoms with E-state index in [4.69, 9.17) is 9.47 Å². The Morgan fingerprint density at radius 2 is 1.92 bits per heavy atom. The van der Waals surface area contributed by atoms with Gasteiger partial charge in [-0.05, 0) is 55.9 Å². The van der Waals surface area contributed by atoms with E-state index in [2.05, 4.69) is 20.5 Å². The van der Waals surface area contributed by atoms with E-state index in [0.717, 1.165) is 28.9 Å². The Morgan fingerprint density at radius 3 is 2.68 bits per heavy atom. The average Bonchev–Trinajstić information content (AvgIpc) is 3.46. The highest BCUT2D eigenvalue weighted by atomic mass is 32.1. The van der Waals surface area contributed by atoms with Crippen LogP contribution in [0.25, 0.3) is 10.2 Å². The molecular formula is C28H27N5O4S. The van der Waals surface area contributed by atoms with Crippen LogP contribution in [0.15, 0.2) is 60.8 Å². The van der Waals surface area contributed by atoms with Gasteiger partial charge in [-0.3, -0.25) is 9.69 Å². The number of nitrogens with one attached hydrogen (secondary N) is 2. The van der Waals surface area contributed by atoms with Gasteiger partial charge in [-0.15, -0.1) is 11.3 Å². The van der Waals surface area contributed by atoms with Crippen LogP contribution in [-0.4, -0.2) is 61.2 Å². The zero-order valence-corrected chi connectivity index (χ0v) is 22.0. The van der Waals surface area contributed by atoms with E-state index < -0.39 is 0 Å². The average molecular weight is 530 g/mol. The number of nitrogens with zero attached hydrogens (tertiary/aromatic N) is 3. The maximum Gasteiger partial charge on any atom is 0.331 e. The third-order valence-corrected chi connectivity index (χ3v) is 8.00. The van der Waals surface area contributed by atoms with E-state index in [-0.39, 0.29) is 24.1 Å². The smallest absolute Gasteiger partial charge is 0.331 e. The van der Waals surface area contributed by atoms with Crippen molar-refractivity contribution in [3.63, 3.8) is 0 Å². The fourth-order valence-electron chi connectivity index (χ4n) is 5.12. The number of urea groups is 1. The number of likely N-dealkylation sites (N-methyl/N-ethyl adjacent to an activating group) is 1. The first-order chi connectivity index (χ1) is 18.4. The second-order valence-corrected chi connectivity index (χ2v) is 10.5. The molecule has 10 heteroatoms. The summed E-state index contributed by atoms with van der Waals surface area (Å²) in [5.41, 5.74) is 2.76. The maximum atomic E-state index is 13.5. The summed E-state index contributed by atoms with van der Waals surface area (Å²) in [5.74, 6) is 1.17. The topological polar surface area (TPSA) is 96.0 Å². The van der Waals surface area contributed by atoms with Gasteiger partial charge in [-0.1, -0.05) is 18.2 Å². The molecule has 2 aliphatic heterocycles. The van der Waals surface area contributed by atoms with Gasteiger partial charge in [0, 0.05) is 26.4 Å². The van der Waals surface area contributed by atoms with E-state index in [0.29, 0.717) is 33.4 Å². The number of hydrogen-bond donors (Lipinski definition) is 2. The van der Waals surface area contributed by atoms with E-state index in [9.17, 15) is 9.59 Å². The first-order valence-electron chi connectivity index (χ1n) is 12.3. The van der Waals surface area contributed by atoms with Crippen molar-refractivity contribution in [2.75, 3.05) is 37.5 Å². The van der Waals surface area contributed by atoms with Crippen molar-refractivity contribution in [2.24, 2.45) is 0 Å². The fourth-order valence-corrected chi connectivity index (χ4v) is 6.15. The Balaban J connectivity index is 1.33. The normalized spacial score (nSPS) is 19.0. The summed E-state index contributed by atoms with van der Waals surface area (Å²) in [4.78, 5) is 36.2. The summed E-state index contributed by atoms with van der Waals surface area (Å²) >= 11 is 1.27. The molecule has 2 aromatic heterocycles. The van der Waals surface area contributed by atoms with Gasteiger partial charge in [0.2, 0.25) is 0 Å². The molecule has 3 amide bonds. The Morgan fingerprint density at radius 1 is 1.11 bits per heavy atom. The first kappa shape index (κ1) is 24.4. The number of carbonyl (C=O) groups is 2. The number of para-hydroxylation sites is 1. The van der Waals surface area contributed by atoms with Crippen molar-refractivity contribution in [3.05, 3.63) is 71.2 Å². The Bertz CT molecular complexity index is 1540. The van der Waals surface area contributed by atoms with E-state index in [1.165, 1.54) is 11.3 Å². The molecule has 0 bridgehead atoms. The SMILES string of the molecule is CO[C@@H]1CN(C)C[C@@H]1NC(=O)c1sc2nccc3c2c1NC(=O)N3c1ccc(Oc2ccccc2)cc1C. The maximum absolute atomic E-state index is 13.5. The molecule has 4 heterocycles. The monoisotopic (exact) mass is 529 g/mol. The fraction of sp³-hybridized carbons (Fsp3) is 0.250. The molecule has 194 valence electrons. The van der Waals surface area contributed by atoms with Crippen LogP contribution in [0.1, 0.15) is 15.2 Å². The number of methoxy groups -OCH3 is 1. The van der Waals surface area contributed by atoms with Crippen LogP contribution < -0.4 is 20.3 Å². The summed E-state index contributed by atoms with van der Waals surface area (Å²) < 4.78 is 11.5. The number of thiophene rings is 1. The van der Waals surface area contributed by atoms with E-state index in [1.54, 1.807) is 24.3 Å². The van der Waals surface area contributed by atoms with Crippen molar-refractivity contribution < 1.29 is 19.1 Å². The van der Waals surface area contributed by atoms with Gasteiger partial charge in [-0.2, -0.15) is 0 Å². The number of amides is 3. The van der Waals surface area contributed by atoms with Gasteiger partial charge in [0.25, 0.3) is 5.91 Å². The molecule has 6 rings (SSSR count). The van der Waals surface area contributed by atoms with Gasteiger partial charge < -0.3 is 25.0 Å². The highest BCUT2D eigenvalue weighted by molar-refractivity contribution is 7.21. The minimum absolute atomic E-state index is 0.0923. The number of likely N-dealkylation sites (tertiary alicyclic amines) is 1. The Kier molecular flexibility index (Phi) is 6.22. The van der Waals surface area contributed by atoms with Crippen LogP contribution in [0.2, 0.25) is 0 Å². The van der Waals surface area contributed by atoms with Gasteiger partial charge >= 0.3 is 6.03 Å². The minimum Gasteiger partial charge on any atom is -0.457 e. The number of hydrogen-bond acceptors (Lipinski definition) is 7. The molecule has 4 aromatic rings. The summed E-state index contributed by atoms with van der Waals surface area (Å²) in [6, 6.07) is 16.5. The third-order valence-electron chi connectivity index (χ3n) is 6.91. The molecular weight excluding hydrogens is 502 g/mol. The van der Waals surface area contributed by atoms with Gasteiger partial charge in [0.1, 0.15) is 21.2 Å². The van der Waals surface area contributed by atoms with E-state index in [1.807, 2.05) is 62.5 Å². The van der Waals surface area contributed by atoms with Gasteiger partial charge in [0.15, 0.2) is 0 Å². The number of aromatic nitrogens is 1. The number of carbonyl (C=O) groups excluding carboxylic acids is 2. The van der Waals surface area contributed by atoms with Crippen LogP contribution in [0.4, 0.5) is 21.9 Å². The molecule has 2 aliphatic rings. The molecule has 0 unspecified atom stereocenters. The Labute approximate surface area is 224 Å². The predicted molar refractivity (Wildman–Crippen MR) is 148 cm³/mol. The van der Waals surface area contributed by atoms with E-state index >= 15 is 0 Å². The standard InChI is InChI=1S/C28H27N5O4S/c1-16-13-18(37-17-7-5-4-6-8-17)9-10-20(16)33-21-11-12-29-27-23(21)24(31-28(33)35)25(38-27)26(34)30-19-14-32(2)15-22(19)36-3/h4-13,19,22H,14-15H2,1-3H3,(H,30,34)(H,31,35)/t19-,22+/m0/s1. The van der Waals surface area contributed by atoms with Crippen LogP contribution >= 0.6 is 11.3 Å². The minimum atomic E-state index is -0.340. The largest absolute Gasteiger partial charge is 0.457 e. The second-order valence-electron chi connectivity index (χ2n) is 9.52. The molecule has 9 nitrogen and oxygen atoms in total. The van der Waals surface area contributed by atoms with Gasteiger partial charge in [-0.25, -0.2) is 9.78 Å². The molecule has 0 radical (unpaired) electrons. The lowest BCUT2D eigenvalue weighted by Gasteiger charge is -2.29. The summed E-state index contributed by atoms with van der Waals surface area (Å²) in [6.45, 7) is 3.37. The summed E-state index contributed by atoms with van der Waals surface area (Å²) in [7, 11) is 3.65. The number of rotatable bonds is 6. The quantitative estimate of drug-likeness (QED) is 0.359. The number of benzene rings is 2. The number of aryl methyl sites for hydroxylation is 1. The van der Waals surface area contributed by atoms with Crippen molar-refractivity contribution in [1.82, 2.24) is 15.2 Å². The van der Waals surface area contributed by atoms with Crippen LogP contribution in [-0.2, 0) is 4.74 Å². The molecule has 0 aliphatic carbocycles. The third kappa shape index (κ3) is 4.26. The summed E-state index contributed by atoms with van der Waals surface area (Å²) in [5, 5.41) is 6.81. The molecule has 2 atom stereocenters. The number of ether oxygens (including phenoxy) is 2. The molecule has 0 spiro atoms. The van der Waals surface area contributed by atoms with Crippen LogP contribution in [0.3, 0.4) is 0 Å². The highest BCUT2D eigenvalue weighted by Crippen LogP contribution is 2.46. The lowest BCUT2D eigenvalue weighted by molar-refractivity contribution is 0.0769. The lowest BCUT2D eigenvalue weighted by atomic mass is 10.1. The lowest BCUT2D eigenvalue weighted by Crippen LogP contribution is -2.43. The van der Waals surface area contributed by atoms with Crippen molar-refractivity contribution in [3.8, 4) is 11.5 Å². The Hall–Kier alpha value is -3.99. The zero-order chi connectivity index (χ0) is 26.4. The van der Waals surface area contributed by atoms with Crippen molar-refractivity contribution in [2.45, 2.75) is 19.1 Å². The van der Waals surface area contributed by atoms with Gasteiger partial charge in [0.05, 0.1) is 34.6 Å². The first-order valence-corrected chi connectivity index (χ1v) is 13.1. The zero-order valence-electron chi connectivity index (χ0n) is 21.2. The molecule has 0 saturated carbocycles. The highest BCUT2D eigenvalue weighted by Gasteiger charge is 2.36. The number of anilines is 3. The van der Waals surface area contributed by atoms with Crippen LogP contribution in [0, 0.1) is 6.92 Å². The molecule has 1 saturated heterocycles. The summed E-state index contributed by atoms with van der Waals surface area (Å²) in [6.07, 6.45) is 1.57. The van der Waals surface area contributed by atoms with Crippen molar-refractivity contribution in [1.29, 1.82) is 0 Å². The molecule has 38 heavy (non-hydrogen) atoms.